The van der Waals surface area contributed by atoms with Crippen molar-refractivity contribution in [3.05, 3.63) is 219 Å². The molecule has 3 aromatic heterocycles. The van der Waals surface area contributed by atoms with Gasteiger partial charge in [0.1, 0.15) is 5.82 Å². The summed E-state index contributed by atoms with van der Waals surface area (Å²) in [6.45, 7) is -0.398. The third-order valence-electron chi connectivity index (χ3n) is 10.8. The predicted molar refractivity (Wildman–Crippen MR) is 240 cm³/mol. The number of pyridine rings is 1. The van der Waals surface area contributed by atoms with E-state index < -0.39 is 6.85 Å². The van der Waals surface area contributed by atoms with Gasteiger partial charge in [0.25, 0.3) is 0 Å². The maximum absolute atomic E-state index is 8.68. The third kappa shape index (κ3) is 6.55. The first-order valence-electron chi connectivity index (χ1n) is 20.9. The fourth-order valence-corrected chi connectivity index (χ4v) is 8.08. The third-order valence-corrected chi connectivity index (χ3v) is 10.8. The number of para-hydroxylation sites is 3. The molecule has 0 spiro atoms. The Morgan fingerprint density at radius 2 is 1.22 bits per heavy atom. The van der Waals surface area contributed by atoms with Crippen LogP contribution in [0.1, 0.15) is 9.68 Å². The number of fused-ring (bicyclic) bond motifs is 5. The van der Waals surface area contributed by atoms with E-state index in [9.17, 15) is 0 Å². The number of rotatable bonds is 8. The molecule has 0 amide bonds. The molecule has 11 rings (SSSR count). The molecule has 0 unspecified atom stereocenters. The number of ether oxygens (including phenoxy) is 1. The van der Waals surface area contributed by atoms with Gasteiger partial charge in [-0.1, -0.05) is 126 Å². The molecule has 4 heterocycles. The molecule has 0 saturated heterocycles. The van der Waals surface area contributed by atoms with Crippen LogP contribution in [0, 0.1) is 25.7 Å². The average Bonchev–Trinajstić information content (AvgIpc) is 4.03. The standard InChI is InChI=1S/C53H36N5O.Pd/c1-37-30-51(54-35-48(37)39-18-8-3-9-19-39)58-50-34-44(26-27-47(50)52-53(58)46-24-14-15-25-49(46)57(52)42-22-12-5-13-23-42)59-45-32-40(38-16-6-2-7-17-38)31-43(33-45)56-29-28-55(36-56)41-20-10-4-11-21-41;/h2-32,35-36H,1H3;/q-3;/i1D3;. The van der Waals surface area contributed by atoms with Crippen LogP contribution in [0.25, 0.3) is 66.6 Å². The van der Waals surface area contributed by atoms with E-state index in [2.05, 4.69) is 82.3 Å². The summed E-state index contributed by atoms with van der Waals surface area (Å²) in [5.41, 5.74) is 9.91. The number of anilines is 2. The van der Waals surface area contributed by atoms with Gasteiger partial charge in [-0.2, -0.15) is 6.07 Å². The maximum Gasteiger partial charge on any atom is 0.135 e. The average molecular weight is 868 g/mol. The van der Waals surface area contributed by atoms with Crippen molar-refractivity contribution in [2.45, 2.75) is 6.85 Å². The molecule has 1 aliphatic heterocycles. The van der Waals surface area contributed by atoms with Crippen molar-refractivity contribution < 1.29 is 29.3 Å². The summed E-state index contributed by atoms with van der Waals surface area (Å²) in [5.74, 6) is 1.43. The number of benzene rings is 7. The molecule has 0 atom stereocenters. The molecule has 0 aliphatic carbocycles. The van der Waals surface area contributed by atoms with Crippen LogP contribution in [0.2, 0.25) is 0 Å². The van der Waals surface area contributed by atoms with Gasteiger partial charge in [-0.15, -0.1) is 48.3 Å². The van der Waals surface area contributed by atoms with Crippen molar-refractivity contribution in [3.63, 3.8) is 0 Å². The van der Waals surface area contributed by atoms with Crippen LogP contribution >= 0.6 is 0 Å². The van der Waals surface area contributed by atoms with Crippen LogP contribution in [-0.2, 0) is 20.4 Å². The van der Waals surface area contributed by atoms with Crippen molar-refractivity contribution >= 4 is 44.2 Å². The van der Waals surface area contributed by atoms with Gasteiger partial charge in [0.05, 0.1) is 11.0 Å². The summed E-state index contributed by atoms with van der Waals surface area (Å²) < 4.78 is 37.1. The molecule has 7 aromatic carbocycles. The first kappa shape index (κ1) is 33.8. The largest absolute Gasteiger partial charge is 0.509 e. The normalized spacial score (nSPS) is 13.4. The second kappa shape index (κ2) is 15.5. The van der Waals surface area contributed by atoms with E-state index in [1.165, 1.54) is 0 Å². The Balaban J connectivity index is 0.00000471. The Kier molecular flexibility index (Phi) is 8.75. The zero-order valence-electron chi connectivity index (χ0n) is 35.0. The van der Waals surface area contributed by atoms with Crippen LogP contribution in [-0.4, -0.2) is 14.1 Å². The van der Waals surface area contributed by atoms with E-state index in [-0.39, 0.29) is 26.0 Å². The van der Waals surface area contributed by atoms with Crippen LogP contribution in [0.3, 0.4) is 0 Å². The Labute approximate surface area is 366 Å². The van der Waals surface area contributed by atoms with Crippen molar-refractivity contribution in [2.75, 3.05) is 9.80 Å². The van der Waals surface area contributed by atoms with Gasteiger partial charge in [-0.3, -0.25) is 0 Å². The quantitative estimate of drug-likeness (QED) is 0.113. The number of nitrogens with zero attached hydrogens (tertiary/aromatic N) is 5. The first-order chi connectivity index (χ1) is 30.4. The van der Waals surface area contributed by atoms with E-state index >= 15 is 0 Å². The van der Waals surface area contributed by atoms with E-state index in [1.807, 2.05) is 138 Å². The van der Waals surface area contributed by atoms with Crippen molar-refractivity contribution in [1.29, 1.82) is 0 Å². The number of aryl methyl sites for hydroxylation is 1. The van der Waals surface area contributed by atoms with Crippen molar-refractivity contribution in [3.8, 4) is 45.3 Å². The Morgan fingerprint density at radius 1 is 0.567 bits per heavy atom. The van der Waals surface area contributed by atoms with Gasteiger partial charge in [0.2, 0.25) is 0 Å². The monoisotopic (exact) mass is 867 g/mol. The molecule has 1 aliphatic rings. The Hall–Kier alpha value is -7.17. The molecule has 0 radical (unpaired) electrons. The van der Waals surface area contributed by atoms with Gasteiger partial charge in [-0.05, 0) is 72.3 Å². The zero-order chi connectivity index (χ0) is 41.8. The number of aromatic nitrogens is 3. The van der Waals surface area contributed by atoms with Crippen LogP contribution in [0.15, 0.2) is 195 Å². The SMILES string of the molecule is [2H]C([2H])([2H])c1cc(-n2c3[c-]c(Oc4[c-]c(N5C=CN(c6ccccc6)[CH-]5)cc(-c5ccccc5)c4)ccc3c3c2c2ccccc2n3-c2ccccc2)ncc1-c1ccccc1.[Pd]. The summed E-state index contributed by atoms with van der Waals surface area (Å²) in [7, 11) is 0. The van der Waals surface area contributed by atoms with Crippen LogP contribution < -0.4 is 14.5 Å². The van der Waals surface area contributed by atoms with Crippen molar-refractivity contribution in [2.24, 2.45) is 0 Å². The molecule has 292 valence electrons. The van der Waals surface area contributed by atoms with E-state index in [0.29, 0.717) is 28.4 Å². The molecule has 10 aromatic rings. The minimum Gasteiger partial charge on any atom is -0.509 e. The summed E-state index contributed by atoms with van der Waals surface area (Å²) >= 11 is 0. The van der Waals surface area contributed by atoms with Gasteiger partial charge in [-0.25, -0.2) is 4.98 Å². The predicted octanol–water partition coefficient (Wildman–Crippen LogP) is 13.1. The summed E-state index contributed by atoms with van der Waals surface area (Å²) in [6, 6.07) is 65.4. The van der Waals surface area contributed by atoms with E-state index in [0.717, 1.165) is 61.1 Å². The van der Waals surface area contributed by atoms with E-state index in [4.69, 9.17) is 13.8 Å². The molecular weight excluding hydrogens is 829 g/mol. The Bertz CT molecular complexity index is 3300. The summed E-state index contributed by atoms with van der Waals surface area (Å²) in [6.07, 6.45) is 5.70. The number of hydrogen-bond acceptors (Lipinski definition) is 4. The second-order valence-corrected chi connectivity index (χ2v) is 14.4. The molecular formula is C53H36N5OPd-3. The van der Waals surface area contributed by atoms with Crippen LogP contribution in [0.5, 0.6) is 11.5 Å². The van der Waals surface area contributed by atoms with Crippen LogP contribution in [0.4, 0.5) is 11.4 Å². The summed E-state index contributed by atoms with van der Waals surface area (Å²) in [4.78, 5) is 9.11. The first-order valence-corrected chi connectivity index (χ1v) is 19.4. The summed E-state index contributed by atoms with van der Waals surface area (Å²) in [5, 5.41) is 1.88. The second-order valence-electron chi connectivity index (χ2n) is 14.4. The minimum absolute atomic E-state index is 0. The Morgan fingerprint density at radius 3 is 1.97 bits per heavy atom. The molecule has 60 heavy (non-hydrogen) atoms. The molecule has 0 saturated carbocycles. The van der Waals surface area contributed by atoms with Gasteiger partial charge >= 0.3 is 0 Å². The molecule has 0 N–H and O–H groups in total. The van der Waals surface area contributed by atoms with Gasteiger partial charge in [0, 0.05) is 70.1 Å². The van der Waals surface area contributed by atoms with Gasteiger partial charge < -0.3 is 23.7 Å². The smallest absolute Gasteiger partial charge is 0.135 e. The van der Waals surface area contributed by atoms with Crippen molar-refractivity contribution in [1.82, 2.24) is 14.1 Å². The maximum atomic E-state index is 8.68. The number of hydrogen-bond donors (Lipinski definition) is 0. The van der Waals surface area contributed by atoms with Gasteiger partial charge in [0.15, 0.2) is 0 Å². The molecule has 6 nitrogen and oxygen atoms in total. The fraction of sp³-hybridized carbons (Fsp3) is 0.0189. The molecule has 7 heteroatoms. The van der Waals surface area contributed by atoms with E-state index in [1.54, 1.807) is 12.3 Å². The molecule has 0 fully saturated rings. The molecule has 0 bridgehead atoms. The zero-order valence-corrected chi connectivity index (χ0v) is 33.6. The minimum atomic E-state index is -2.42. The fourth-order valence-electron chi connectivity index (χ4n) is 8.08. The topological polar surface area (TPSA) is 38.5 Å².